The van der Waals surface area contributed by atoms with Gasteiger partial charge in [-0.1, -0.05) is 12.2 Å². The Bertz CT molecular complexity index is 191. The Balaban J connectivity index is 3.58. The van der Waals surface area contributed by atoms with E-state index < -0.39 is 12.0 Å². The minimum atomic E-state index is -1.19. The average molecular weight is 153 g/mol. The van der Waals surface area contributed by atoms with Gasteiger partial charge in [0.25, 0.3) is 0 Å². The average Bonchev–Trinajstić information content (AvgIpc) is 1.97. The lowest BCUT2D eigenvalue weighted by Crippen LogP contribution is -2.25. The van der Waals surface area contributed by atoms with Gasteiger partial charge in [0.15, 0.2) is 6.10 Å². The molecule has 0 radical (unpaired) electrons. The molecule has 0 rings (SSSR count). The molecule has 0 aromatic carbocycles. The number of carbonyl (C=O) groups is 1. The molecule has 1 amide bonds. The Morgan fingerprint density at radius 1 is 1.82 bits per heavy atom. The first kappa shape index (κ1) is 9.73. The monoisotopic (exact) mass is 153 g/mol. The summed E-state index contributed by atoms with van der Waals surface area (Å²) < 4.78 is 0. The molecule has 3 N–H and O–H groups in total. The van der Waals surface area contributed by atoms with E-state index in [1.165, 1.54) is 6.08 Å². The fraction of sp³-hybridized carbons (Fsp3) is 0.375. The number of unbranched alkanes of at least 4 members (excludes halogenated alkanes) is 1. The first-order valence-corrected chi connectivity index (χ1v) is 3.26. The standard InChI is InChI=1S/C8H11NO2/c1-2-3-4-5-6-7(10)8(9)11/h1,5-7,10H,3-4H2,(H2,9,11). The summed E-state index contributed by atoms with van der Waals surface area (Å²) in [6.45, 7) is 0. The molecule has 3 heteroatoms. The minimum absolute atomic E-state index is 0.599. The number of primary amides is 1. The molecule has 0 aromatic heterocycles. The predicted octanol–water partition coefficient (Wildman–Crippen LogP) is -0.198. The molecule has 1 unspecified atom stereocenters. The second-order valence-electron chi connectivity index (χ2n) is 2.02. The van der Waals surface area contributed by atoms with Gasteiger partial charge < -0.3 is 10.8 Å². The third kappa shape index (κ3) is 5.19. The molecule has 0 aliphatic heterocycles. The van der Waals surface area contributed by atoms with Gasteiger partial charge in [0, 0.05) is 6.42 Å². The normalized spacial score (nSPS) is 12.7. The maximum absolute atomic E-state index is 10.2. The van der Waals surface area contributed by atoms with Crippen molar-refractivity contribution in [2.75, 3.05) is 0 Å². The Hall–Kier alpha value is -1.27. The highest BCUT2D eigenvalue weighted by atomic mass is 16.3. The Morgan fingerprint density at radius 2 is 2.45 bits per heavy atom. The van der Waals surface area contributed by atoms with E-state index in [-0.39, 0.29) is 0 Å². The van der Waals surface area contributed by atoms with Crippen molar-refractivity contribution in [3.8, 4) is 12.3 Å². The van der Waals surface area contributed by atoms with E-state index in [1.807, 2.05) is 0 Å². The number of rotatable bonds is 4. The molecule has 1 atom stereocenters. The zero-order valence-corrected chi connectivity index (χ0v) is 6.16. The zero-order chi connectivity index (χ0) is 8.69. The Morgan fingerprint density at radius 3 is 2.91 bits per heavy atom. The summed E-state index contributed by atoms with van der Waals surface area (Å²) in [5.41, 5.74) is 4.77. The second-order valence-corrected chi connectivity index (χ2v) is 2.02. The fourth-order valence-corrected chi connectivity index (χ4v) is 0.487. The van der Waals surface area contributed by atoms with E-state index >= 15 is 0 Å². The Labute approximate surface area is 65.9 Å². The van der Waals surface area contributed by atoms with E-state index in [0.29, 0.717) is 12.8 Å². The van der Waals surface area contributed by atoms with E-state index in [9.17, 15) is 4.79 Å². The molecule has 0 aliphatic rings. The molecule has 0 heterocycles. The molecule has 3 nitrogen and oxygen atoms in total. The first-order valence-electron chi connectivity index (χ1n) is 3.26. The number of hydrogen-bond acceptors (Lipinski definition) is 2. The Kier molecular flexibility index (Phi) is 4.87. The van der Waals surface area contributed by atoms with Crippen LogP contribution in [0.2, 0.25) is 0 Å². The first-order chi connectivity index (χ1) is 5.18. The predicted molar refractivity (Wildman–Crippen MR) is 42.4 cm³/mol. The third-order valence-corrected chi connectivity index (χ3v) is 1.07. The lowest BCUT2D eigenvalue weighted by atomic mass is 10.2. The van der Waals surface area contributed by atoms with Gasteiger partial charge in [0.1, 0.15) is 0 Å². The molecule has 0 saturated carbocycles. The van der Waals surface area contributed by atoms with Gasteiger partial charge in [-0.3, -0.25) is 4.79 Å². The van der Waals surface area contributed by atoms with Crippen molar-refractivity contribution in [2.45, 2.75) is 18.9 Å². The number of amides is 1. The van der Waals surface area contributed by atoms with Crippen molar-refractivity contribution in [2.24, 2.45) is 5.73 Å². The third-order valence-electron chi connectivity index (χ3n) is 1.07. The van der Waals surface area contributed by atoms with Crippen LogP contribution in [-0.2, 0) is 4.79 Å². The van der Waals surface area contributed by atoms with Gasteiger partial charge >= 0.3 is 0 Å². The molecule has 0 spiro atoms. The molecule has 0 bridgehead atoms. The summed E-state index contributed by atoms with van der Waals surface area (Å²) >= 11 is 0. The highest BCUT2D eigenvalue weighted by Crippen LogP contribution is 1.91. The summed E-state index contributed by atoms with van der Waals surface area (Å²) in [7, 11) is 0. The number of carbonyl (C=O) groups excluding carboxylic acids is 1. The number of allylic oxidation sites excluding steroid dienone is 1. The number of aliphatic hydroxyl groups is 1. The van der Waals surface area contributed by atoms with Crippen molar-refractivity contribution in [3.05, 3.63) is 12.2 Å². The number of nitrogens with two attached hydrogens (primary N) is 1. The highest BCUT2D eigenvalue weighted by Gasteiger charge is 2.03. The van der Waals surface area contributed by atoms with Crippen molar-refractivity contribution < 1.29 is 9.90 Å². The highest BCUT2D eigenvalue weighted by molar-refractivity contribution is 5.80. The van der Waals surface area contributed by atoms with Crippen LogP contribution in [0.5, 0.6) is 0 Å². The molecular formula is C8H11NO2. The van der Waals surface area contributed by atoms with Gasteiger partial charge in [-0.05, 0) is 6.42 Å². The van der Waals surface area contributed by atoms with Crippen LogP contribution in [0, 0.1) is 12.3 Å². The quantitative estimate of drug-likeness (QED) is 0.334. The summed E-state index contributed by atoms with van der Waals surface area (Å²) in [5.74, 6) is 1.67. The lowest BCUT2D eigenvalue weighted by Gasteiger charge is -1.96. The van der Waals surface area contributed by atoms with Crippen molar-refractivity contribution in [1.29, 1.82) is 0 Å². The summed E-state index contributed by atoms with van der Waals surface area (Å²) in [6.07, 6.45) is 8.00. The number of hydrogen-bond donors (Lipinski definition) is 2. The van der Waals surface area contributed by atoms with E-state index in [2.05, 4.69) is 5.92 Å². The smallest absolute Gasteiger partial charge is 0.250 e. The molecule has 0 aliphatic carbocycles. The summed E-state index contributed by atoms with van der Waals surface area (Å²) in [4.78, 5) is 10.2. The van der Waals surface area contributed by atoms with Crippen LogP contribution >= 0.6 is 0 Å². The summed E-state index contributed by atoms with van der Waals surface area (Å²) in [5, 5.41) is 8.81. The molecule has 60 valence electrons. The maximum atomic E-state index is 10.2. The van der Waals surface area contributed by atoms with E-state index in [0.717, 1.165) is 0 Å². The molecular weight excluding hydrogens is 142 g/mol. The van der Waals surface area contributed by atoms with E-state index in [1.54, 1.807) is 6.08 Å². The lowest BCUT2D eigenvalue weighted by molar-refractivity contribution is -0.123. The maximum Gasteiger partial charge on any atom is 0.250 e. The van der Waals surface area contributed by atoms with Gasteiger partial charge in [-0.25, -0.2) is 0 Å². The fourth-order valence-electron chi connectivity index (χ4n) is 0.487. The van der Waals surface area contributed by atoms with Gasteiger partial charge in [0.05, 0.1) is 0 Å². The molecule has 0 aromatic rings. The molecule has 11 heavy (non-hydrogen) atoms. The van der Waals surface area contributed by atoms with Crippen LogP contribution < -0.4 is 5.73 Å². The largest absolute Gasteiger partial charge is 0.379 e. The SMILES string of the molecule is C#CCCC=CC(O)C(N)=O. The number of aliphatic hydroxyl groups excluding tert-OH is 1. The van der Waals surface area contributed by atoms with Crippen LogP contribution in [0.1, 0.15) is 12.8 Å². The molecule has 0 fully saturated rings. The van der Waals surface area contributed by atoms with Gasteiger partial charge in [0.2, 0.25) is 5.91 Å². The van der Waals surface area contributed by atoms with Crippen LogP contribution in [0.4, 0.5) is 0 Å². The van der Waals surface area contributed by atoms with Crippen molar-refractivity contribution >= 4 is 5.91 Å². The van der Waals surface area contributed by atoms with Gasteiger partial charge in [-0.2, -0.15) is 0 Å². The van der Waals surface area contributed by atoms with Crippen LogP contribution in [0.15, 0.2) is 12.2 Å². The van der Waals surface area contributed by atoms with Crippen molar-refractivity contribution in [3.63, 3.8) is 0 Å². The number of terminal acetylenes is 1. The van der Waals surface area contributed by atoms with Gasteiger partial charge in [-0.15, -0.1) is 12.3 Å². The van der Waals surface area contributed by atoms with Crippen LogP contribution in [0.25, 0.3) is 0 Å². The topological polar surface area (TPSA) is 63.3 Å². The molecule has 0 saturated heterocycles. The minimum Gasteiger partial charge on any atom is -0.379 e. The van der Waals surface area contributed by atoms with Crippen LogP contribution in [-0.4, -0.2) is 17.1 Å². The summed E-state index contributed by atoms with van der Waals surface area (Å²) in [6, 6.07) is 0. The van der Waals surface area contributed by atoms with Crippen LogP contribution in [0.3, 0.4) is 0 Å². The van der Waals surface area contributed by atoms with E-state index in [4.69, 9.17) is 17.3 Å². The second kappa shape index (κ2) is 5.51. The zero-order valence-electron chi connectivity index (χ0n) is 6.16. The van der Waals surface area contributed by atoms with Crippen molar-refractivity contribution in [1.82, 2.24) is 0 Å².